The zero-order valence-corrected chi connectivity index (χ0v) is 19.3. The molecular weight excluding hydrogens is 428 g/mol. The summed E-state index contributed by atoms with van der Waals surface area (Å²) in [6, 6.07) is 12.5. The fourth-order valence-electron chi connectivity index (χ4n) is 3.22. The number of methoxy groups -OCH3 is 2. The van der Waals surface area contributed by atoms with Crippen molar-refractivity contribution in [3.05, 3.63) is 75.2 Å². The van der Waals surface area contributed by atoms with Crippen LogP contribution in [0.25, 0.3) is 0 Å². The van der Waals surface area contributed by atoms with Gasteiger partial charge in [-0.25, -0.2) is 4.79 Å². The maximum atomic E-state index is 13.0. The molecule has 0 spiro atoms. The van der Waals surface area contributed by atoms with Crippen LogP contribution in [0, 0.1) is 20.8 Å². The van der Waals surface area contributed by atoms with E-state index in [1.807, 2.05) is 32.0 Å². The topological polar surface area (TPSA) is 93.7 Å². The molecule has 0 unspecified atom stereocenters. The van der Waals surface area contributed by atoms with Crippen molar-refractivity contribution in [2.75, 3.05) is 24.9 Å². The van der Waals surface area contributed by atoms with Crippen molar-refractivity contribution < 1.29 is 23.9 Å². The molecule has 0 radical (unpaired) electrons. The maximum Gasteiger partial charge on any atom is 0.341 e. The minimum atomic E-state index is -0.639. The first-order valence-corrected chi connectivity index (χ1v) is 10.6. The summed E-state index contributed by atoms with van der Waals surface area (Å²) in [5.74, 6) is -1.08. The lowest BCUT2D eigenvalue weighted by Crippen LogP contribution is -2.15. The van der Waals surface area contributed by atoms with Crippen LogP contribution in [-0.2, 0) is 4.74 Å². The maximum absolute atomic E-state index is 13.0. The second-order valence-corrected chi connectivity index (χ2v) is 8.20. The number of amides is 2. The molecule has 0 saturated heterocycles. The van der Waals surface area contributed by atoms with Gasteiger partial charge in [0.15, 0.2) is 0 Å². The van der Waals surface area contributed by atoms with Gasteiger partial charge in [-0.1, -0.05) is 24.3 Å². The molecule has 1 heterocycles. The molecule has 0 aliphatic heterocycles. The quantitative estimate of drug-likeness (QED) is 0.515. The number of para-hydroxylation sites is 1. The number of carbonyl (C=O) groups is 3. The normalized spacial score (nSPS) is 10.4. The summed E-state index contributed by atoms with van der Waals surface area (Å²) in [6.45, 7) is 5.49. The Bertz CT molecular complexity index is 1200. The molecule has 0 fully saturated rings. The molecule has 8 heteroatoms. The number of anilines is 2. The number of ether oxygens (including phenoxy) is 2. The van der Waals surface area contributed by atoms with Gasteiger partial charge in [0.05, 0.1) is 30.2 Å². The van der Waals surface area contributed by atoms with Crippen LogP contribution in [0.1, 0.15) is 47.1 Å². The van der Waals surface area contributed by atoms with Gasteiger partial charge in [-0.05, 0) is 55.7 Å². The monoisotopic (exact) mass is 452 g/mol. The van der Waals surface area contributed by atoms with E-state index >= 15 is 0 Å². The van der Waals surface area contributed by atoms with E-state index < -0.39 is 11.9 Å². The minimum Gasteiger partial charge on any atom is -0.496 e. The zero-order valence-electron chi connectivity index (χ0n) is 18.5. The summed E-state index contributed by atoms with van der Waals surface area (Å²) in [5, 5.41) is 5.86. The molecule has 3 rings (SSSR count). The second-order valence-electron chi connectivity index (χ2n) is 7.18. The highest BCUT2D eigenvalue weighted by molar-refractivity contribution is 7.19. The van der Waals surface area contributed by atoms with Gasteiger partial charge in [0.1, 0.15) is 10.8 Å². The van der Waals surface area contributed by atoms with Gasteiger partial charge in [0.25, 0.3) is 11.8 Å². The highest BCUT2D eigenvalue weighted by atomic mass is 32.1. The summed E-state index contributed by atoms with van der Waals surface area (Å²) >= 11 is 1.02. The molecule has 166 valence electrons. The van der Waals surface area contributed by atoms with Crippen molar-refractivity contribution in [3.8, 4) is 5.75 Å². The van der Waals surface area contributed by atoms with E-state index in [9.17, 15) is 14.4 Å². The summed E-state index contributed by atoms with van der Waals surface area (Å²) in [6.07, 6.45) is 0. The van der Waals surface area contributed by atoms with Crippen molar-refractivity contribution in [1.29, 1.82) is 0 Å². The highest BCUT2D eigenvalue weighted by Gasteiger charge is 2.27. The Morgan fingerprint density at radius 3 is 2.31 bits per heavy atom. The number of benzene rings is 2. The molecule has 2 N–H and O–H groups in total. The molecular formula is C24H24N2O5S. The fourth-order valence-corrected chi connectivity index (χ4v) is 4.30. The molecule has 0 saturated carbocycles. The van der Waals surface area contributed by atoms with Gasteiger partial charge in [0, 0.05) is 5.69 Å². The Morgan fingerprint density at radius 2 is 1.62 bits per heavy atom. The van der Waals surface area contributed by atoms with Gasteiger partial charge in [-0.2, -0.15) is 0 Å². The second kappa shape index (κ2) is 9.65. The van der Waals surface area contributed by atoms with E-state index in [1.165, 1.54) is 14.2 Å². The largest absolute Gasteiger partial charge is 0.496 e. The third-order valence-electron chi connectivity index (χ3n) is 4.96. The van der Waals surface area contributed by atoms with E-state index in [1.54, 1.807) is 31.2 Å². The molecule has 7 nitrogen and oxygen atoms in total. The Balaban J connectivity index is 1.97. The Labute approximate surface area is 190 Å². The van der Waals surface area contributed by atoms with Gasteiger partial charge in [0.2, 0.25) is 0 Å². The number of nitrogens with one attached hydrogen (secondary N) is 2. The SMILES string of the molecule is COC(=O)c1c(NC(=O)c2ccccc2OC)sc(C(=O)Nc2cc(C)ccc2C)c1C. The van der Waals surface area contributed by atoms with Crippen LogP contribution >= 0.6 is 11.3 Å². The van der Waals surface area contributed by atoms with Crippen LogP contribution < -0.4 is 15.4 Å². The summed E-state index contributed by atoms with van der Waals surface area (Å²) < 4.78 is 10.1. The number of thiophene rings is 1. The van der Waals surface area contributed by atoms with Crippen molar-refractivity contribution in [2.45, 2.75) is 20.8 Å². The van der Waals surface area contributed by atoms with Gasteiger partial charge >= 0.3 is 5.97 Å². The molecule has 3 aromatic rings. The Kier molecular flexibility index (Phi) is 6.95. The van der Waals surface area contributed by atoms with Gasteiger partial charge in [-0.3, -0.25) is 9.59 Å². The van der Waals surface area contributed by atoms with Crippen LogP contribution in [0.3, 0.4) is 0 Å². The number of carbonyl (C=O) groups excluding carboxylic acids is 3. The lowest BCUT2D eigenvalue weighted by molar-refractivity contribution is 0.0601. The van der Waals surface area contributed by atoms with E-state index in [-0.39, 0.29) is 16.5 Å². The fraction of sp³-hybridized carbons (Fsp3) is 0.208. The standard InChI is InChI=1S/C24H24N2O5S/c1-13-10-11-14(2)17(12-13)25-22(28)20-15(3)19(24(29)31-5)23(32-20)26-21(27)16-8-6-7-9-18(16)30-4/h6-12H,1-5H3,(H,25,28)(H,26,27). The lowest BCUT2D eigenvalue weighted by Gasteiger charge is -2.09. The molecule has 32 heavy (non-hydrogen) atoms. The Morgan fingerprint density at radius 1 is 0.906 bits per heavy atom. The number of esters is 1. The first-order valence-electron chi connectivity index (χ1n) is 9.81. The predicted octanol–water partition coefficient (Wildman–Crippen LogP) is 4.97. The first kappa shape index (κ1) is 23.0. The van der Waals surface area contributed by atoms with Crippen LogP contribution in [0.2, 0.25) is 0 Å². The summed E-state index contributed by atoms with van der Waals surface area (Å²) in [4.78, 5) is 38.7. The van der Waals surface area contributed by atoms with Crippen LogP contribution in [0.5, 0.6) is 5.75 Å². The number of hydrogen-bond acceptors (Lipinski definition) is 6. The first-order chi connectivity index (χ1) is 15.3. The predicted molar refractivity (Wildman–Crippen MR) is 125 cm³/mol. The van der Waals surface area contributed by atoms with Crippen molar-refractivity contribution >= 4 is 39.8 Å². The van der Waals surface area contributed by atoms with Crippen LogP contribution in [0.4, 0.5) is 10.7 Å². The number of hydrogen-bond donors (Lipinski definition) is 2. The van der Waals surface area contributed by atoms with Crippen molar-refractivity contribution in [2.24, 2.45) is 0 Å². The van der Waals surface area contributed by atoms with Crippen LogP contribution in [-0.4, -0.2) is 32.0 Å². The average Bonchev–Trinajstić information content (AvgIpc) is 3.11. The molecule has 0 bridgehead atoms. The molecule has 2 aromatic carbocycles. The summed E-state index contributed by atoms with van der Waals surface area (Å²) in [7, 11) is 2.72. The van der Waals surface area contributed by atoms with Crippen LogP contribution in [0.15, 0.2) is 42.5 Å². The Hall–Kier alpha value is -3.65. The zero-order chi connectivity index (χ0) is 23.4. The summed E-state index contributed by atoms with van der Waals surface area (Å²) in [5.41, 5.74) is 3.48. The third kappa shape index (κ3) is 4.65. The van der Waals surface area contributed by atoms with E-state index in [0.29, 0.717) is 27.4 Å². The van der Waals surface area contributed by atoms with Gasteiger partial charge < -0.3 is 20.1 Å². The third-order valence-corrected chi connectivity index (χ3v) is 6.17. The lowest BCUT2D eigenvalue weighted by atomic mass is 10.1. The average molecular weight is 453 g/mol. The molecule has 2 amide bonds. The van der Waals surface area contributed by atoms with E-state index in [4.69, 9.17) is 9.47 Å². The van der Waals surface area contributed by atoms with E-state index in [0.717, 1.165) is 22.5 Å². The van der Waals surface area contributed by atoms with E-state index in [2.05, 4.69) is 10.6 Å². The number of rotatable bonds is 6. The smallest absolute Gasteiger partial charge is 0.341 e. The van der Waals surface area contributed by atoms with Crippen molar-refractivity contribution in [1.82, 2.24) is 0 Å². The molecule has 0 aliphatic carbocycles. The highest BCUT2D eigenvalue weighted by Crippen LogP contribution is 2.35. The number of aryl methyl sites for hydroxylation is 2. The molecule has 0 atom stereocenters. The molecule has 1 aromatic heterocycles. The molecule has 0 aliphatic rings. The van der Waals surface area contributed by atoms with Crippen molar-refractivity contribution in [3.63, 3.8) is 0 Å². The van der Waals surface area contributed by atoms with Gasteiger partial charge in [-0.15, -0.1) is 11.3 Å². The minimum absolute atomic E-state index is 0.145.